The Bertz CT molecular complexity index is 852. The molecule has 3 aromatic rings. The Hall–Kier alpha value is -1.94. The number of rotatable bonds is 6. The van der Waals surface area contributed by atoms with Crippen molar-refractivity contribution in [3.05, 3.63) is 40.0 Å². The topological polar surface area (TPSA) is 85.1 Å². The van der Waals surface area contributed by atoms with E-state index in [4.69, 9.17) is 4.74 Å². The van der Waals surface area contributed by atoms with Gasteiger partial charge >= 0.3 is 0 Å². The van der Waals surface area contributed by atoms with E-state index in [0.29, 0.717) is 24.5 Å². The number of phenols is 1. The number of aromatic hydroxyl groups is 1. The van der Waals surface area contributed by atoms with E-state index in [0.717, 1.165) is 14.8 Å². The molecule has 0 radical (unpaired) electrons. The third-order valence-electron chi connectivity index (χ3n) is 3.63. The summed E-state index contributed by atoms with van der Waals surface area (Å²) < 4.78 is 8.30. The van der Waals surface area contributed by atoms with Crippen molar-refractivity contribution in [3.8, 4) is 5.75 Å². The maximum atomic E-state index is 9.60. The first-order chi connectivity index (χ1) is 11.6. The van der Waals surface area contributed by atoms with Crippen molar-refractivity contribution in [1.82, 2.24) is 19.5 Å². The first kappa shape index (κ1) is 16.9. The number of ether oxygens (including phenoxy) is 1. The predicted octanol–water partition coefficient (Wildman–Crippen LogP) is 3.30. The van der Waals surface area contributed by atoms with Crippen molar-refractivity contribution < 1.29 is 9.84 Å². The summed E-state index contributed by atoms with van der Waals surface area (Å²) in [5.41, 5.74) is 2.48. The molecular weight excluding hydrogens is 421 g/mol. The molecule has 0 fully saturated rings. The van der Waals surface area contributed by atoms with Crippen LogP contribution in [-0.2, 0) is 11.3 Å². The molecule has 1 atom stereocenters. The number of fused-ring (bicyclic) bond motifs is 1. The van der Waals surface area contributed by atoms with E-state index in [1.807, 2.05) is 30.5 Å². The minimum Gasteiger partial charge on any atom is -0.507 e. The van der Waals surface area contributed by atoms with Gasteiger partial charge in [-0.05, 0) is 54.1 Å². The van der Waals surface area contributed by atoms with E-state index < -0.39 is 0 Å². The second-order valence-electron chi connectivity index (χ2n) is 5.24. The molecule has 2 N–H and O–H groups in total. The third kappa shape index (κ3) is 3.44. The summed E-state index contributed by atoms with van der Waals surface area (Å²) in [4.78, 5) is 13.0. The van der Waals surface area contributed by atoms with E-state index >= 15 is 0 Å². The van der Waals surface area contributed by atoms with Gasteiger partial charge in [-0.1, -0.05) is 6.07 Å². The molecule has 0 saturated heterocycles. The fourth-order valence-electron chi connectivity index (χ4n) is 2.42. The number of hydrogen-bond donors (Lipinski definition) is 2. The molecule has 1 aromatic carbocycles. The molecule has 24 heavy (non-hydrogen) atoms. The zero-order chi connectivity index (χ0) is 17.1. The highest BCUT2D eigenvalue weighted by Gasteiger charge is 2.14. The summed E-state index contributed by atoms with van der Waals surface area (Å²) in [6.45, 7) is 5.11. The highest BCUT2D eigenvalue weighted by Crippen LogP contribution is 2.23. The van der Waals surface area contributed by atoms with Crippen LogP contribution in [0.2, 0.25) is 0 Å². The highest BCUT2D eigenvalue weighted by atomic mass is 127. The minimum absolute atomic E-state index is 0.138. The normalized spacial score (nSPS) is 12.5. The number of halogens is 1. The molecule has 2 heterocycles. The number of hydrogen-bond acceptors (Lipinski definition) is 6. The van der Waals surface area contributed by atoms with E-state index in [2.05, 4.69) is 42.9 Å². The Kier molecular flexibility index (Phi) is 5.14. The van der Waals surface area contributed by atoms with E-state index in [1.165, 1.54) is 6.33 Å². The van der Waals surface area contributed by atoms with Gasteiger partial charge in [-0.25, -0.2) is 15.0 Å². The quantitative estimate of drug-likeness (QED) is 0.574. The second-order valence-corrected chi connectivity index (χ2v) is 6.40. The Labute approximate surface area is 153 Å². The zero-order valence-corrected chi connectivity index (χ0v) is 15.6. The summed E-state index contributed by atoms with van der Waals surface area (Å²) in [5, 5.41) is 12.9. The Balaban J connectivity index is 1.83. The summed E-state index contributed by atoms with van der Waals surface area (Å²) in [7, 11) is 0. The van der Waals surface area contributed by atoms with Gasteiger partial charge in [0.25, 0.3) is 0 Å². The number of nitrogens with one attached hydrogen (secondary N) is 1. The third-order valence-corrected chi connectivity index (χ3v) is 4.49. The SMILES string of the molecule is CCOC(C)n1cnc2c(NCc3ccc(O)c(I)c3)ncnc21. The van der Waals surface area contributed by atoms with Gasteiger partial charge in [0.05, 0.1) is 9.90 Å². The summed E-state index contributed by atoms with van der Waals surface area (Å²) in [6.07, 6.45) is 3.10. The molecular formula is C16H18IN5O2. The molecule has 7 nitrogen and oxygen atoms in total. The molecule has 126 valence electrons. The van der Waals surface area contributed by atoms with Crippen molar-refractivity contribution in [2.24, 2.45) is 0 Å². The lowest BCUT2D eigenvalue weighted by Gasteiger charge is -2.13. The van der Waals surface area contributed by atoms with Crippen LogP contribution in [0.4, 0.5) is 5.82 Å². The fourth-order valence-corrected chi connectivity index (χ4v) is 2.99. The van der Waals surface area contributed by atoms with Crippen molar-refractivity contribution in [2.75, 3.05) is 11.9 Å². The monoisotopic (exact) mass is 439 g/mol. The molecule has 0 saturated carbocycles. The largest absolute Gasteiger partial charge is 0.507 e. The highest BCUT2D eigenvalue weighted by molar-refractivity contribution is 14.1. The van der Waals surface area contributed by atoms with Crippen LogP contribution in [0.15, 0.2) is 30.9 Å². The van der Waals surface area contributed by atoms with E-state index in [-0.39, 0.29) is 12.0 Å². The number of anilines is 1. The van der Waals surface area contributed by atoms with Gasteiger partial charge in [0.15, 0.2) is 17.0 Å². The van der Waals surface area contributed by atoms with Gasteiger partial charge in [0.2, 0.25) is 0 Å². The summed E-state index contributed by atoms with van der Waals surface area (Å²) >= 11 is 2.10. The number of nitrogens with zero attached hydrogens (tertiary/aromatic N) is 4. The van der Waals surface area contributed by atoms with Gasteiger partial charge < -0.3 is 15.2 Å². The Morgan fingerprint density at radius 1 is 1.33 bits per heavy atom. The summed E-state index contributed by atoms with van der Waals surface area (Å²) in [6, 6.07) is 5.49. The van der Waals surface area contributed by atoms with Crippen LogP contribution in [0, 0.1) is 3.57 Å². The molecule has 0 spiro atoms. The Morgan fingerprint density at radius 2 is 2.17 bits per heavy atom. The van der Waals surface area contributed by atoms with Crippen molar-refractivity contribution in [1.29, 1.82) is 0 Å². The second kappa shape index (κ2) is 7.31. The number of aromatic nitrogens is 4. The molecule has 8 heteroatoms. The Morgan fingerprint density at radius 3 is 2.92 bits per heavy atom. The summed E-state index contributed by atoms with van der Waals surface area (Å²) in [5.74, 6) is 0.956. The number of benzene rings is 1. The molecule has 0 aliphatic carbocycles. The average molecular weight is 439 g/mol. The zero-order valence-electron chi connectivity index (χ0n) is 13.4. The van der Waals surface area contributed by atoms with Gasteiger partial charge in [-0.2, -0.15) is 0 Å². The standard InChI is InChI=1S/C16H18IN5O2/c1-3-24-10(2)22-9-21-14-15(19-8-20-16(14)22)18-7-11-4-5-13(23)12(17)6-11/h4-6,8-10,23H,3,7H2,1-2H3,(H,18,19,20). The molecule has 0 bridgehead atoms. The van der Waals surface area contributed by atoms with Crippen LogP contribution in [0.3, 0.4) is 0 Å². The molecule has 0 aliphatic heterocycles. The molecule has 2 aromatic heterocycles. The van der Waals surface area contributed by atoms with Gasteiger partial charge in [-0.3, -0.25) is 4.57 Å². The first-order valence-electron chi connectivity index (χ1n) is 7.60. The van der Waals surface area contributed by atoms with Crippen molar-refractivity contribution in [2.45, 2.75) is 26.6 Å². The van der Waals surface area contributed by atoms with Gasteiger partial charge in [0.1, 0.15) is 18.3 Å². The molecule has 3 rings (SSSR count). The first-order valence-corrected chi connectivity index (χ1v) is 8.68. The lowest BCUT2D eigenvalue weighted by atomic mass is 10.2. The molecule has 1 unspecified atom stereocenters. The van der Waals surface area contributed by atoms with Crippen molar-refractivity contribution in [3.63, 3.8) is 0 Å². The molecule has 0 aliphatic rings. The van der Waals surface area contributed by atoms with Crippen LogP contribution >= 0.6 is 22.6 Å². The molecule has 0 amide bonds. The van der Waals surface area contributed by atoms with Crippen LogP contribution in [0.25, 0.3) is 11.2 Å². The fraction of sp³-hybridized carbons (Fsp3) is 0.312. The van der Waals surface area contributed by atoms with Gasteiger partial charge in [-0.15, -0.1) is 0 Å². The van der Waals surface area contributed by atoms with E-state index in [9.17, 15) is 5.11 Å². The van der Waals surface area contributed by atoms with E-state index in [1.54, 1.807) is 12.4 Å². The number of imidazole rings is 1. The predicted molar refractivity (Wildman–Crippen MR) is 99.8 cm³/mol. The average Bonchev–Trinajstić information content (AvgIpc) is 3.01. The van der Waals surface area contributed by atoms with Crippen LogP contribution < -0.4 is 5.32 Å². The number of phenolic OH excluding ortho intramolecular Hbond substituents is 1. The smallest absolute Gasteiger partial charge is 0.167 e. The van der Waals surface area contributed by atoms with Gasteiger partial charge in [0, 0.05) is 13.2 Å². The van der Waals surface area contributed by atoms with Crippen molar-refractivity contribution >= 4 is 39.6 Å². The minimum atomic E-state index is -0.138. The van der Waals surface area contributed by atoms with Crippen LogP contribution in [-0.4, -0.2) is 31.2 Å². The lowest BCUT2D eigenvalue weighted by molar-refractivity contribution is 0.0272. The lowest BCUT2D eigenvalue weighted by Crippen LogP contribution is -2.09. The maximum absolute atomic E-state index is 9.60. The van der Waals surface area contributed by atoms with Crippen LogP contribution in [0.1, 0.15) is 25.6 Å². The maximum Gasteiger partial charge on any atom is 0.167 e. The van der Waals surface area contributed by atoms with Crippen LogP contribution in [0.5, 0.6) is 5.75 Å².